The molecule has 116 valence electrons. The second-order valence-electron chi connectivity index (χ2n) is 6.52. The minimum absolute atomic E-state index is 0.00288. The topological polar surface area (TPSA) is 58.4 Å². The summed E-state index contributed by atoms with van der Waals surface area (Å²) < 4.78 is 0. The molecule has 0 radical (unpaired) electrons. The van der Waals surface area contributed by atoms with Crippen molar-refractivity contribution in [1.29, 1.82) is 0 Å². The summed E-state index contributed by atoms with van der Waals surface area (Å²) in [5.74, 6) is 1.35. The van der Waals surface area contributed by atoms with Gasteiger partial charge in [-0.25, -0.2) is 0 Å². The highest BCUT2D eigenvalue weighted by atomic mass is 16.2. The third-order valence-electron chi connectivity index (χ3n) is 4.75. The van der Waals surface area contributed by atoms with Gasteiger partial charge in [-0.15, -0.1) is 0 Å². The van der Waals surface area contributed by atoms with Crippen LogP contribution in [0.15, 0.2) is 18.2 Å². The highest BCUT2D eigenvalue weighted by molar-refractivity contribution is 5.95. The van der Waals surface area contributed by atoms with Gasteiger partial charge in [0.15, 0.2) is 0 Å². The van der Waals surface area contributed by atoms with Gasteiger partial charge in [0.1, 0.15) is 0 Å². The Kier molecular flexibility index (Phi) is 4.76. The fourth-order valence-electron chi connectivity index (χ4n) is 3.06. The van der Waals surface area contributed by atoms with E-state index in [9.17, 15) is 4.79 Å². The number of nitrogens with one attached hydrogen (secondary N) is 1. The van der Waals surface area contributed by atoms with Crippen LogP contribution in [0.25, 0.3) is 0 Å². The van der Waals surface area contributed by atoms with Crippen molar-refractivity contribution in [3.05, 3.63) is 23.8 Å². The quantitative estimate of drug-likeness (QED) is 0.840. The number of carbonyl (C=O) groups excluding carboxylic acids is 1. The Balaban J connectivity index is 2.19. The molecule has 1 aliphatic carbocycles. The Labute approximate surface area is 127 Å². The molecule has 4 nitrogen and oxygen atoms in total. The molecule has 1 fully saturated rings. The molecule has 3 atom stereocenters. The Hall–Kier alpha value is -1.71. The molecule has 3 unspecified atom stereocenters. The molecule has 0 heterocycles. The molecule has 1 amide bonds. The lowest BCUT2D eigenvalue weighted by atomic mass is 9.78. The predicted octanol–water partition coefficient (Wildman–Crippen LogP) is 3.21. The monoisotopic (exact) mass is 289 g/mol. The van der Waals surface area contributed by atoms with Gasteiger partial charge in [0.25, 0.3) is 5.91 Å². The van der Waals surface area contributed by atoms with Crippen LogP contribution in [-0.2, 0) is 0 Å². The van der Waals surface area contributed by atoms with Gasteiger partial charge in [-0.3, -0.25) is 4.79 Å². The van der Waals surface area contributed by atoms with Crippen molar-refractivity contribution in [2.45, 2.75) is 39.2 Å². The first-order chi connectivity index (χ1) is 9.90. The van der Waals surface area contributed by atoms with E-state index < -0.39 is 0 Å². The summed E-state index contributed by atoms with van der Waals surface area (Å²) in [4.78, 5) is 13.7. The maximum absolute atomic E-state index is 12.1. The van der Waals surface area contributed by atoms with E-state index in [0.29, 0.717) is 23.2 Å². The Bertz CT molecular complexity index is 513. The summed E-state index contributed by atoms with van der Waals surface area (Å²) in [6, 6.07) is 5.91. The van der Waals surface area contributed by atoms with Crippen LogP contribution in [0.4, 0.5) is 11.4 Å². The van der Waals surface area contributed by atoms with E-state index in [1.54, 1.807) is 25.1 Å². The summed E-state index contributed by atoms with van der Waals surface area (Å²) in [7, 11) is 3.52. The Morgan fingerprint density at radius 1 is 1.29 bits per heavy atom. The third kappa shape index (κ3) is 3.49. The molecule has 1 aromatic rings. The minimum Gasteiger partial charge on any atom is -0.397 e. The predicted molar refractivity (Wildman–Crippen MR) is 88.5 cm³/mol. The second kappa shape index (κ2) is 6.37. The molecule has 0 aromatic heterocycles. The van der Waals surface area contributed by atoms with Crippen molar-refractivity contribution in [2.24, 2.45) is 11.8 Å². The first-order valence-corrected chi connectivity index (χ1v) is 7.78. The van der Waals surface area contributed by atoms with E-state index in [4.69, 9.17) is 5.73 Å². The van der Waals surface area contributed by atoms with Crippen LogP contribution in [0.2, 0.25) is 0 Å². The third-order valence-corrected chi connectivity index (χ3v) is 4.75. The lowest BCUT2D eigenvalue weighted by Gasteiger charge is -2.35. The van der Waals surface area contributed by atoms with Gasteiger partial charge in [-0.2, -0.15) is 0 Å². The number of nitrogens with zero attached hydrogens (tertiary/aromatic N) is 1. The number of nitrogens with two attached hydrogens (primary N) is 1. The highest BCUT2D eigenvalue weighted by Gasteiger charge is 2.27. The fraction of sp³-hybridized carbons (Fsp3) is 0.588. The van der Waals surface area contributed by atoms with Gasteiger partial charge in [-0.1, -0.05) is 26.7 Å². The normalized spacial score (nSPS) is 25.4. The smallest absolute Gasteiger partial charge is 0.253 e. The van der Waals surface area contributed by atoms with Crippen LogP contribution < -0.4 is 11.1 Å². The van der Waals surface area contributed by atoms with Crippen molar-refractivity contribution in [1.82, 2.24) is 4.90 Å². The largest absolute Gasteiger partial charge is 0.397 e. The van der Waals surface area contributed by atoms with Gasteiger partial charge in [0.05, 0.1) is 11.4 Å². The Morgan fingerprint density at radius 2 is 2.00 bits per heavy atom. The molecule has 4 heteroatoms. The minimum atomic E-state index is 0.00288. The zero-order valence-electron chi connectivity index (χ0n) is 13.5. The number of hydrogen-bond donors (Lipinski definition) is 2. The first-order valence-electron chi connectivity index (χ1n) is 7.78. The lowest BCUT2D eigenvalue weighted by Crippen LogP contribution is -2.35. The van der Waals surface area contributed by atoms with E-state index in [2.05, 4.69) is 19.2 Å². The molecule has 0 bridgehead atoms. The summed E-state index contributed by atoms with van der Waals surface area (Å²) in [6.07, 6.45) is 3.71. The molecule has 0 saturated heterocycles. The summed E-state index contributed by atoms with van der Waals surface area (Å²) >= 11 is 0. The maximum atomic E-state index is 12.1. The van der Waals surface area contributed by atoms with Gasteiger partial charge >= 0.3 is 0 Å². The van der Waals surface area contributed by atoms with Crippen LogP contribution in [-0.4, -0.2) is 30.9 Å². The van der Waals surface area contributed by atoms with Crippen LogP contribution in [0.5, 0.6) is 0 Å². The number of hydrogen-bond acceptors (Lipinski definition) is 3. The molecule has 1 saturated carbocycles. The molecule has 0 spiro atoms. The molecular formula is C17H27N3O. The average molecular weight is 289 g/mol. The number of anilines is 2. The van der Waals surface area contributed by atoms with E-state index in [1.165, 1.54) is 12.8 Å². The van der Waals surface area contributed by atoms with Crippen molar-refractivity contribution in [3.63, 3.8) is 0 Å². The van der Waals surface area contributed by atoms with Gasteiger partial charge in [0.2, 0.25) is 0 Å². The van der Waals surface area contributed by atoms with Crippen molar-refractivity contribution in [3.8, 4) is 0 Å². The van der Waals surface area contributed by atoms with Crippen molar-refractivity contribution in [2.75, 3.05) is 25.1 Å². The second-order valence-corrected chi connectivity index (χ2v) is 6.52. The van der Waals surface area contributed by atoms with Gasteiger partial charge < -0.3 is 16.0 Å². The SMILES string of the molecule is CC1CCCC(Nc2cc(C(=O)N(C)C)ccc2N)C1C. The van der Waals surface area contributed by atoms with Crippen LogP contribution >= 0.6 is 0 Å². The van der Waals surface area contributed by atoms with Gasteiger partial charge in [-0.05, 0) is 36.5 Å². The molecule has 1 aliphatic rings. The van der Waals surface area contributed by atoms with Crippen molar-refractivity contribution < 1.29 is 4.79 Å². The fourth-order valence-corrected chi connectivity index (χ4v) is 3.06. The number of nitrogen functional groups attached to an aromatic ring is 1. The van der Waals surface area contributed by atoms with Crippen molar-refractivity contribution >= 4 is 17.3 Å². The van der Waals surface area contributed by atoms with E-state index >= 15 is 0 Å². The molecule has 21 heavy (non-hydrogen) atoms. The first kappa shape index (κ1) is 15.7. The molecule has 1 aromatic carbocycles. The average Bonchev–Trinajstić information content (AvgIpc) is 2.45. The van der Waals surface area contributed by atoms with Crippen LogP contribution in [0.1, 0.15) is 43.5 Å². The molecule has 0 aliphatic heterocycles. The number of carbonyl (C=O) groups is 1. The van der Waals surface area contributed by atoms with E-state index in [1.807, 2.05) is 12.1 Å². The standard InChI is InChI=1S/C17H27N3O/c1-11-6-5-7-15(12(11)2)19-16-10-13(8-9-14(16)18)17(21)20(3)4/h8-12,15,19H,5-7,18H2,1-4H3. The number of benzene rings is 1. The number of amides is 1. The van der Waals surface area contributed by atoms with E-state index in [-0.39, 0.29) is 5.91 Å². The molecule has 3 N–H and O–H groups in total. The highest BCUT2D eigenvalue weighted by Crippen LogP contribution is 2.33. The van der Waals surface area contributed by atoms with Crippen LogP contribution in [0.3, 0.4) is 0 Å². The van der Waals surface area contributed by atoms with E-state index in [0.717, 1.165) is 18.0 Å². The zero-order chi connectivity index (χ0) is 15.6. The zero-order valence-corrected chi connectivity index (χ0v) is 13.5. The maximum Gasteiger partial charge on any atom is 0.253 e. The molecule has 2 rings (SSSR count). The lowest BCUT2D eigenvalue weighted by molar-refractivity contribution is 0.0827. The summed E-state index contributed by atoms with van der Waals surface area (Å²) in [6.45, 7) is 4.61. The summed E-state index contributed by atoms with van der Waals surface area (Å²) in [5, 5.41) is 3.57. The number of rotatable bonds is 3. The Morgan fingerprint density at radius 3 is 2.67 bits per heavy atom. The summed E-state index contributed by atoms with van der Waals surface area (Å²) in [5.41, 5.74) is 8.34. The van der Waals surface area contributed by atoms with Gasteiger partial charge in [0, 0.05) is 25.7 Å². The van der Waals surface area contributed by atoms with Crippen LogP contribution in [0, 0.1) is 11.8 Å². The molecular weight excluding hydrogens is 262 g/mol.